The minimum Gasteiger partial charge on any atom is -0.392 e. The number of hydrogen-bond donors (Lipinski definition) is 1. The van der Waals surface area contributed by atoms with Crippen LogP contribution in [0, 0.1) is 5.41 Å². The lowest BCUT2D eigenvalue weighted by Gasteiger charge is -2.41. The highest BCUT2D eigenvalue weighted by Crippen LogP contribution is 2.30. The van der Waals surface area contributed by atoms with Crippen LogP contribution in [-0.4, -0.2) is 41.9 Å². The number of likely N-dealkylation sites (tertiary alicyclic amines) is 1. The lowest BCUT2D eigenvalue weighted by Crippen LogP contribution is -2.49. The van der Waals surface area contributed by atoms with E-state index < -0.39 is 18.7 Å². The summed E-state index contributed by atoms with van der Waals surface area (Å²) in [5.74, 6) is 0. The van der Waals surface area contributed by atoms with Gasteiger partial charge < -0.3 is 10.0 Å². The topological polar surface area (TPSA) is 23.5 Å². The van der Waals surface area contributed by atoms with Crippen molar-refractivity contribution in [1.82, 2.24) is 4.90 Å². The molecule has 15 heavy (non-hydrogen) atoms. The number of alkyl halides is 3. The summed E-state index contributed by atoms with van der Waals surface area (Å²) in [6, 6.07) is 0. The summed E-state index contributed by atoms with van der Waals surface area (Å²) in [6.45, 7) is 4.90. The molecule has 0 saturated carbocycles. The van der Waals surface area contributed by atoms with E-state index in [0.717, 1.165) is 0 Å². The molecule has 1 N–H and O–H groups in total. The van der Waals surface area contributed by atoms with Gasteiger partial charge in [-0.25, -0.2) is 0 Å². The fourth-order valence-electron chi connectivity index (χ4n) is 1.93. The van der Waals surface area contributed by atoms with Gasteiger partial charge in [0.2, 0.25) is 0 Å². The van der Waals surface area contributed by atoms with Crippen LogP contribution in [0.2, 0.25) is 0 Å². The van der Waals surface area contributed by atoms with Gasteiger partial charge in [0, 0.05) is 25.0 Å². The van der Waals surface area contributed by atoms with Crippen molar-refractivity contribution < 1.29 is 18.3 Å². The molecule has 0 bridgehead atoms. The monoisotopic (exact) mass is 225 g/mol. The molecule has 0 aliphatic carbocycles. The number of piperidine rings is 1. The zero-order valence-corrected chi connectivity index (χ0v) is 9.14. The second-order valence-electron chi connectivity index (χ2n) is 4.93. The molecule has 1 atom stereocenters. The first kappa shape index (κ1) is 12.8. The average Bonchev–Trinajstić information content (AvgIpc) is 2.06. The van der Waals surface area contributed by atoms with Crippen LogP contribution >= 0.6 is 0 Å². The summed E-state index contributed by atoms with van der Waals surface area (Å²) in [4.78, 5) is 1.78. The van der Waals surface area contributed by atoms with Gasteiger partial charge in [-0.15, -0.1) is 0 Å². The maximum absolute atomic E-state index is 12.0. The lowest BCUT2D eigenvalue weighted by atomic mass is 9.81. The summed E-state index contributed by atoms with van der Waals surface area (Å²) >= 11 is 0. The van der Waals surface area contributed by atoms with Crippen LogP contribution in [0.3, 0.4) is 0 Å². The smallest absolute Gasteiger partial charge is 0.390 e. The lowest BCUT2D eigenvalue weighted by molar-refractivity contribution is -0.141. The van der Waals surface area contributed by atoms with Crippen molar-refractivity contribution in [2.24, 2.45) is 5.41 Å². The SMILES string of the molecule is CC1(C)CN(CCC(F)(F)F)CCC1O. The molecular weight excluding hydrogens is 207 g/mol. The van der Waals surface area contributed by atoms with E-state index in [1.165, 1.54) is 0 Å². The molecule has 5 heteroatoms. The van der Waals surface area contributed by atoms with E-state index >= 15 is 0 Å². The molecule has 1 aliphatic rings. The minimum absolute atomic E-state index is 0.0413. The van der Waals surface area contributed by atoms with Crippen LogP contribution in [0.4, 0.5) is 13.2 Å². The van der Waals surface area contributed by atoms with E-state index in [-0.39, 0.29) is 12.0 Å². The Hall–Kier alpha value is -0.290. The van der Waals surface area contributed by atoms with Gasteiger partial charge in [-0.3, -0.25) is 0 Å². The van der Waals surface area contributed by atoms with E-state index in [4.69, 9.17) is 0 Å². The van der Waals surface area contributed by atoms with Crippen molar-refractivity contribution >= 4 is 0 Å². The molecule has 0 radical (unpaired) electrons. The Balaban J connectivity index is 2.40. The van der Waals surface area contributed by atoms with Crippen molar-refractivity contribution in [2.45, 2.75) is 39.0 Å². The minimum atomic E-state index is -4.08. The Morgan fingerprint density at radius 1 is 1.40 bits per heavy atom. The predicted molar refractivity (Wildman–Crippen MR) is 51.5 cm³/mol. The number of aliphatic hydroxyl groups excluding tert-OH is 1. The first-order chi connectivity index (χ1) is 6.71. The molecule has 0 aromatic rings. The summed E-state index contributed by atoms with van der Waals surface area (Å²) < 4.78 is 36.0. The Kier molecular flexibility index (Phi) is 3.66. The summed E-state index contributed by atoms with van der Waals surface area (Å²) in [5, 5.41) is 9.63. The van der Waals surface area contributed by atoms with Gasteiger partial charge in [0.05, 0.1) is 12.5 Å². The molecule has 1 heterocycles. The van der Waals surface area contributed by atoms with Crippen molar-refractivity contribution in [3.63, 3.8) is 0 Å². The van der Waals surface area contributed by atoms with Gasteiger partial charge in [-0.1, -0.05) is 13.8 Å². The molecule has 1 saturated heterocycles. The van der Waals surface area contributed by atoms with Gasteiger partial charge in [0.15, 0.2) is 0 Å². The number of aliphatic hydroxyl groups is 1. The molecule has 1 fully saturated rings. The van der Waals surface area contributed by atoms with E-state index in [9.17, 15) is 18.3 Å². The molecular formula is C10H18F3NO. The molecule has 1 unspecified atom stereocenters. The maximum Gasteiger partial charge on any atom is 0.390 e. The van der Waals surface area contributed by atoms with Gasteiger partial charge in [0.25, 0.3) is 0 Å². The first-order valence-electron chi connectivity index (χ1n) is 5.18. The van der Waals surface area contributed by atoms with Gasteiger partial charge >= 0.3 is 6.18 Å². The fraction of sp³-hybridized carbons (Fsp3) is 1.00. The fourth-order valence-corrected chi connectivity index (χ4v) is 1.93. The standard InChI is InChI=1S/C10H18F3NO/c1-9(2)7-14(5-3-8(9)15)6-4-10(11,12)13/h8,15H,3-7H2,1-2H3. The third kappa shape index (κ3) is 3.99. The van der Waals surface area contributed by atoms with Crippen LogP contribution in [-0.2, 0) is 0 Å². The summed E-state index contributed by atoms with van der Waals surface area (Å²) in [7, 11) is 0. The van der Waals surface area contributed by atoms with Gasteiger partial charge in [0.1, 0.15) is 0 Å². The Labute approximate surface area is 88.1 Å². The second-order valence-corrected chi connectivity index (χ2v) is 4.93. The quantitative estimate of drug-likeness (QED) is 0.777. The number of rotatable bonds is 2. The Bertz CT molecular complexity index is 215. The third-order valence-electron chi connectivity index (χ3n) is 2.96. The second kappa shape index (κ2) is 4.29. The van der Waals surface area contributed by atoms with Crippen molar-refractivity contribution in [2.75, 3.05) is 19.6 Å². The predicted octanol–water partition coefficient (Wildman–Crippen LogP) is 2.03. The van der Waals surface area contributed by atoms with Crippen LogP contribution in [0.1, 0.15) is 26.7 Å². The normalized spacial score (nSPS) is 28.0. The molecule has 0 aromatic heterocycles. The van der Waals surface area contributed by atoms with Gasteiger partial charge in [-0.05, 0) is 6.42 Å². The molecule has 0 spiro atoms. The van der Waals surface area contributed by atoms with Crippen LogP contribution in [0.25, 0.3) is 0 Å². The highest BCUT2D eigenvalue weighted by atomic mass is 19.4. The third-order valence-corrected chi connectivity index (χ3v) is 2.96. The van der Waals surface area contributed by atoms with Crippen LogP contribution in [0.15, 0.2) is 0 Å². The zero-order chi connectivity index (χ0) is 11.7. The van der Waals surface area contributed by atoms with Crippen molar-refractivity contribution in [3.05, 3.63) is 0 Å². The summed E-state index contributed by atoms with van der Waals surface area (Å²) in [5.41, 5.74) is -0.302. The number of hydrogen-bond acceptors (Lipinski definition) is 2. The Morgan fingerprint density at radius 2 is 2.00 bits per heavy atom. The van der Waals surface area contributed by atoms with E-state index in [1.54, 1.807) is 4.90 Å². The number of halogens is 3. The highest BCUT2D eigenvalue weighted by molar-refractivity contribution is 4.86. The largest absolute Gasteiger partial charge is 0.392 e. The molecule has 0 amide bonds. The molecule has 1 rings (SSSR count). The zero-order valence-electron chi connectivity index (χ0n) is 9.14. The molecule has 1 aliphatic heterocycles. The maximum atomic E-state index is 12.0. The Morgan fingerprint density at radius 3 is 2.47 bits per heavy atom. The molecule has 2 nitrogen and oxygen atoms in total. The summed E-state index contributed by atoms with van der Waals surface area (Å²) in [6.07, 6.45) is -4.69. The van der Waals surface area contributed by atoms with E-state index in [0.29, 0.717) is 19.5 Å². The van der Waals surface area contributed by atoms with Gasteiger partial charge in [-0.2, -0.15) is 13.2 Å². The average molecular weight is 225 g/mol. The van der Waals surface area contributed by atoms with Crippen molar-refractivity contribution in [1.29, 1.82) is 0 Å². The first-order valence-corrected chi connectivity index (χ1v) is 5.18. The molecule has 90 valence electrons. The van der Waals surface area contributed by atoms with E-state index in [1.807, 2.05) is 13.8 Å². The van der Waals surface area contributed by atoms with Crippen LogP contribution < -0.4 is 0 Å². The molecule has 0 aromatic carbocycles. The van der Waals surface area contributed by atoms with Crippen molar-refractivity contribution in [3.8, 4) is 0 Å². The number of nitrogens with zero attached hydrogens (tertiary/aromatic N) is 1. The van der Waals surface area contributed by atoms with E-state index in [2.05, 4.69) is 0 Å². The highest BCUT2D eigenvalue weighted by Gasteiger charge is 2.36. The van der Waals surface area contributed by atoms with Crippen LogP contribution in [0.5, 0.6) is 0 Å².